The lowest BCUT2D eigenvalue weighted by atomic mass is 10.3. The predicted molar refractivity (Wildman–Crippen MR) is 74.4 cm³/mol. The molecule has 18 heavy (non-hydrogen) atoms. The average molecular weight is 292 g/mol. The summed E-state index contributed by atoms with van der Waals surface area (Å²) in [5.41, 5.74) is 0.945. The Morgan fingerprint density at radius 2 is 1.83 bits per heavy atom. The third kappa shape index (κ3) is 4.48. The van der Waals surface area contributed by atoms with Crippen LogP contribution in [0.2, 0.25) is 0 Å². The Labute approximate surface area is 113 Å². The Bertz CT molecular complexity index is 459. The number of sulfone groups is 1. The van der Waals surface area contributed by atoms with E-state index in [-0.39, 0.29) is 0 Å². The molecule has 0 spiro atoms. The van der Waals surface area contributed by atoms with Crippen LogP contribution in [0.3, 0.4) is 0 Å². The van der Waals surface area contributed by atoms with Gasteiger partial charge in [0.05, 0.1) is 11.5 Å². The Balaban J connectivity index is 2.86. The van der Waals surface area contributed by atoms with Gasteiger partial charge in [-0.15, -0.1) is 11.6 Å². The van der Waals surface area contributed by atoms with Crippen LogP contribution in [0.5, 0.6) is 0 Å². The zero-order chi connectivity index (χ0) is 13.6. The highest BCUT2D eigenvalue weighted by molar-refractivity contribution is 7.90. The second kappa shape index (κ2) is 6.97. The molecule has 1 rings (SSSR count). The van der Waals surface area contributed by atoms with E-state index in [0.717, 1.165) is 12.2 Å². The lowest BCUT2D eigenvalue weighted by Crippen LogP contribution is -2.29. The normalized spacial score (nSPS) is 11.5. The van der Waals surface area contributed by atoms with Gasteiger partial charge in [0.15, 0.2) is 9.84 Å². The Morgan fingerprint density at radius 1 is 1.22 bits per heavy atom. The number of benzene rings is 1. The zero-order valence-electron chi connectivity index (χ0n) is 10.6. The first-order valence-corrected chi connectivity index (χ1v) is 8.01. The second-order valence-electron chi connectivity index (χ2n) is 3.93. The summed E-state index contributed by atoms with van der Waals surface area (Å²) in [7, 11) is -1.50. The molecule has 0 bridgehead atoms. The molecule has 0 heterocycles. The van der Waals surface area contributed by atoms with Gasteiger partial charge in [0.1, 0.15) is 0 Å². The molecule has 0 radical (unpaired) electrons. The van der Waals surface area contributed by atoms with Crippen molar-refractivity contribution in [3.63, 3.8) is 0 Å². The third-order valence-electron chi connectivity index (χ3n) is 2.55. The summed E-state index contributed by atoms with van der Waals surface area (Å²) in [5, 5.41) is 0. The van der Waals surface area contributed by atoms with Gasteiger partial charge < -0.3 is 9.64 Å². The molecule has 0 fully saturated rings. The van der Waals surface area contributed by atoms with Crippen LogP contribution in [0.15, 0.2) is 29.2 Å². The highest BCUT2D eigenvalue weighted by Gasteiger charge is 2.09. The molecular weight excluding hydrogens is 274 g/mol. The topological polar surface area (TPSA) is 46.6 Å². The summed E-state index contributed by atoms with van der Waals surface area (Å²) < 4.78 is 27.8. The van der Waals surface area contributed by atoms with Crippen LogP contribution < -0.4 is 4.90 Å². The number of methoxy groups -OCH3 is 1. The molecule has 0 saturated carbocycles. The summed E-state index contributed by atoms with van der Waals surface area (Å²) in [4.78, 5) is 2.38. The SMILES string of the molecule is COCCN(CCCl)c1ccc(S(C)(=O)=O)cc1. The van der Waals surface area contributed by atoms with Crippen molar-refractivity contribution in [2.24, 2.45) is 0 Å². The monoisotopic (exact) mass is 291 g/mol. The summed E-state index contributed by atoms with van der Waals surface area (Å²) >= 11 is 5.75. The summed E-state index contributed by atoms with van der Waals surface area (Å²) in [6.45, 7) is 2.02. The Hall–Kier alpha value is -0.780. The molecule has 102 valence electrons. The van der Waals surface area contributed by atoms with Crippen LogP contribution in [0.1, 0.15) is 0 Å². The van der Waals surface area contributed by atoms with Crippen molar-refractivity contribution in [3.8, 4) is 0 Å². The number of hydrogen-bond acceptors (Lipinski definition) is 4. The fraction of sp³-hybridized carbons (Fsp3) is 0.500. The van der Waals surface area contributed by atoms with Gasteiger partial charge in [-0.3, -0.25) is 0 Å². The summed E-state index contributed by atoms with van der Waals surface area (Å²) in [6.07, 6.45) is 1.20. The van der Waals surface area contributed by atoms with Gasteiger partial charge in [-0.05, 0) is 24.3 Å². The van der Waals surface area contributed by atoms with Crippen LogP contribution in [-0.4, -0.2) is 47.4 Å². The summed E-state index contributed by atoms with van der Waals surface area (Å²) in [6, 6.07) is 6.80. The lowest BCUT2D eigenvalue weighted by molar-refractivity contribution is 0.205. The van der Waals surface area contributed by atoms with E-state index in [9.17, 15) is 8.42 Å². The van der Waals surface area contributed by atoms with Crippen molar-refractivity contribution >= 4 is 27.1 Å². The number of anilines is 1. The molecule has 1 aromatic rings. The van der Waals surface area contributed by atoms with E-state index in [2.05, 4.69) is 4.90 Å². The number of nitrogens with zero attached hydrogens (tertiary/aromatic N) is 1. The van der Waals surface area contributed by atoms with Crippen molar-refractivity contribution in [2.75, 3.05) is 43.8 Å². The maximum Gasteiger partial charge on any atom is 0.175 e. The second-order valence-corrected chi connectivity index (χ2v) is 6.33. The first-order valence-electron chi connectivity index (χ1n) is 5.59. The molecule has 0 aliphatic heterocycles. The minimum Gasteiger partial charge on any atom is -0.383 e. The molecule has 0 aliphatic carbocycles. The quantitative estimate of drug-likeness (QED) is 0.719. The van der Waals surface area contributed by atoms with Crippen molar-refractivity contribution in [3.05, 3.63) is 24.3 Å². The molecule has 0 amide bonds. The van der Waals surface area contributed by atoms with Gasteiger partial charge >= 0.3 is 0 Å². The number of hydrogen-bond donors (Lipinski definition) is 0. The fourth-order valence-corrected chi connectivity index (χ4v) is 2.41. The molecule has 4 nitrogen and oxygen atoms in total. The van der Waals surface area contributed by atoms with E-state index in [0.29, 0.717) is 23.9 Å². The molecule has 0 atom stereocenters. The van der Waals surface area contributed by atoms with Gasteiger partial charge in [-0.2, -0.15) is 0 Å². The van der Waals surface area contributed by atoms with Gasteiger partial charge in [0.2, 0.25) is 0 Å². The molecule has 0 aliphatic rings. The minimum absolute atomic E-state index is 0.323. The van der Waals surface area contributed by atoms with Crippen molar-refractivity contribution < 1.29 is 13.2 Å². The van der Waals surface area contributed by atoms with E-state index in [4.69, 9.17) is 16.3 Å². The van der Waals surface area contributed by atoms with Gasteiger partial charge in [-0.25, -0.2) is 8.42 Å². The highest BCUT2D eigenvalue weighted by atomic mass is 35.5. The van der Waals surface area contributed by atoms with Crippen molar-refractivity contribution in [1.29, 1.82) is 0 Å². The van der Waals surface area contributed by atoms with E-state index < -0.39 is 9.84 Å². The number of rotatable bonds is 7. The molecule has 0 aromatic heterocycles. The van der Waals surface area contributed by atoms with Crippen LogP contribution in [0, 0.1) is 0 Å². The number of ether oxygens (including phenoxy) is 1. The van der Waals surface area contributed by atoms with Crippen LogP contribution in [0.25, 0.3) is 0 Å². The number of alkyl halides is 1. The van der Waals surface area contributed by atoms with E-state index in [1.165, 1.54) is 6.26 Å². The summed E-state index contributed by atoms with van der Waals surface area (Å²) in [5.74, 6) is 0.511. The maximum absolute atomic E-state index is 11.4. The standard InChI is InChI=1S/C12H18ClNO3S/c1-17-10-9-14(8-7-13)11-3-5-12(6-4-11)18(2,15)16/h3-6H,7-10H2,1-2H3. The lowest BCUT2D eigenvalue weighted by Gasteiger charge is -2.23. The van der Waals surface area contributed by atoms with E-state index in [1.807, 2.05) is 0 Å². The van der Waals surface area contributed by atoms with E-state index in [1.54, 1.807) is 31.4 Å². The fourth-order valence-electron chi connectivity index (χ4n) is 1.58. The zero-order valence-corrected chi connectivity index (χ0v) is 12.2. The van der Waals surface area contributed by atoms with E-state index >= 15 is 0 Å². The predicted octanol–water partition coefficient (Wildman–Crippen LogP) is 1.78. The first kappa shape index (κ1) is 15.3. The van der Waals surface area contributed by atoms with Crippen molar-refractivity contribution in [1.82, 2.24) is 0 Å². The van der Waals surface area contributed by atoms with Gasteiger partial charge in [0.25, 0.3) is 0 Å². The third-order valence-corrected chi connectivity index (χ3v) is 3.85. The minimum atomic E-state index is -3.14. The molecular formula is C12H18ClNO3S. The maximum atomic E-state index is 11.4. The smallest absolute Gasteiger partial charge is 0.175 e. The molecule has 0 saturated heterocycles. The largest absolute Gasteiger partial charge is 0.383 e. The van der Waals surface area contributed by atoms with Gasteiger partial charge in [0, 0.05) is 38.0 Å². The van der Waals surface area contributed by atoms with Crippen molar-refractivity contribution in [2.45, 2.75) is 4.90 Å². The average Bonchev–Trinajstić information content (AvgIpc) is 2.33. The van der Waals surface area contributed by atoms with Crippen LogP contribution in [-0.2, 0) is 14.6 Å². The molecule has 0 N–H and O–H groups in total. The van der Waals surface area contributed by atoms with Gasteiger partial charge in [-0.1, -0.05) is 0 Å². The first-order chi connectivity index (χ1) is 8.49. The van der Waals surface area contributed by atoms with Crippen LogP contribution in [0.4, 0.5) is 5.69 Å². The molecule has 0 unspecified atom stereocenters. The van der Waals surface area contributed by atoms with Crippen LogP contribution >= 0.6 is 11.6 Å². The Kier molecular flexibility index (Phi) is 5.91. The molecule has 6 heteroatoms. The Morgan fingerprint density at radius 3 is 2.28 bits per heavy atom. The number of halogens is 1. The molecule has 1 aromatic carbocycles. The highest BCUT2D eigenvalue weighted by Crippen LogP contribution is 2.17.